The Morgan fingerprint density at radius 1 is 1.21 bits per heavy atom. The molecule has 0 bridgehead atoms. The van der Waals surface area contributed by atoms with Gasteiger partial charge in [-0.15, -0.1) is 0 Å². The van der Waals surface area contributed by atoms with E-state index in [0.29, 0.717) is 38.9 Å². The van der Waals surface area contributed by atoms with E-state index in [4.69, 9.17) is 16.1 Å². The van der Waals surface area contributed by atoms with E-state index in [0.717, 1.165) is 0 Å². The summed E-state index contributed by atoms with van der Waals surface area (Å²) in [6, 6.07) is 4.18. The van der Waals surface area contributed by atoms with E-state index < -0.39 is 5.82 Å². The fraction of sp³-hybridized carbons (Fsp3) is 0.154. The van der Waals surface area contributed by atoms with Gasteiger partial charge in [0.15, 0.2) is 0 Å². The van der Waals surface area contributed by atoms with E-state index in [2.05, 4.69) is 15.1 Å². The summed E-state index contributed by atoms with van der Waals surface area (Å²) in [6.45, 7) is 3.55. The minimum atomic E-state index is -0.391. The molecule has 0 aliphatic rings. The largest absolute Gasteiger partial charge is 0.335 e. The van der Waals surface area contributed by atoms with Crippen LogP contribution in [-0.2, 0) is 0 Å². The number of benzene rings is 1. The molecule has 0 saturated carbocycles. The van der Waals surface area contributed by atoms with Gasteiger partial charge in [0.2, 0.25) is 0 Å². The number of hydrogen-bond acceptors (Lipinski definition) is 4. The summed E-state index contributed by atoms with van der Waals surface area (Å²) < 4.78 is 18.3. The Bertz CT molecular complexity index is 785. The molecule has 19 heavy (non-hydrogen) atoms. The first kappa shape index (κ1) is 12.0. The van der Waals surface area contributed by atoms with Gasteiger partial charge in [0.25, 0.3) is 5.71 Å². The molecule has 0 spiro atoms. The maximum atomic E-state index is 13.1. The molecule has 0 unspecified atom stereocenters. The van der Waals surface area contributed by atoms with Crippen molar-refractivity contribution >= 4 is 22.7 Å². The second-order valence-electron chi connectivity index (χ2n) is 4.19. The lowest BCUT2D eigenvalue weighted by atomic mass is 10.1. The Balaban J connectivity index is 2.38. The van der Waals surface area contributed by atoms with Crippen molar-refractivity contribution in [2.45, 2.75) is 13.8 Å². The molecule has 1 aromatic carbocycles. The average molecular weight is 278 g/mol. The van der Waals surface area contributed by atoms with Gasteiger partial charge in [-0.05, 0) is 32.0 Å². The number of aryl methyl sites for hydroxylation is 2. The lowest BCUT2D eigenvalue weighted by molar-refractivity contribution is 0.442. The molecule has 0 radical (unpaired) electrons. The summed E-state index contributed by atoms with van der Waals surface area (Å²) in [7, 11) is 0. The number of halogens is 2. The van der Waals surface area contributed by atoms with Crippen LogP contribution >= 0.6 is 11.6 Å². The third-order valence-corrected chi connectivity index (χ3v) is 3.12. The standard InChI is InChI=1S/C13H9ClFN3O/c1-6-11-12(9-4-3-8(15)5-10(9)14)16-7(2)17-13(11)19-18-6/h3-5H,1-2H3. The Morgan fingerprint density at radius 2 is 2.00 bits per heavy atom. The van der Waals surface area contributed by atoms with Crippen LogP contribution < -0.4 is 0 Å². The molecule has 2 aromatic heterocycles. The van der Waals surface area contributed by atoms with Gasteiger partial charge in [-0.1, -0.05) is 16.8 Å². The Morgan fingerprint density at radius 3 is 2.74 bits per heavy atom. The van der Waals surface area contributed by atoms with Crippen LogP contribution in [0, 0.1) is 19.7 Å². The van der Waals surface area contributed by atoms with Gasteiger partial charge >= 0.3 is 0 Å². The van der Waals surface area contributed by atoms with Gasteiger partial charge in [0, 0.05) is 5.56 Å². The molecule has 0 aliphatic heterocycles. The first-order chi connectivity index (χ1) is 9.06. The molecule has 0 saturated heterocycles. The minimum Gasteiger partial charge on any atom is -0.335 e. The summed E-state index contributed by atoms with van der Waals surface area (Å²) >= 11 is 6.08. The second-order valence-corrected chi connectivity index (χ2v) is 4.60. The van der Waals surface area contributed by atoms with Gasteiger partial charge in [-0.3, -0.25) is 0 Å². The number of rotatable bonds is 1. The van der Waals surface area contributed by atoms with Crippen LogP contribution in [0.15, 0.2) is 22.7 Å². The fourth-order valence-electron chi connectivity index (χ4n) is 1.97. The Labute approximate surface area is 113 Å². The van der Waals surface area contributed by atoms with Crippen LogP contribution in [0.1, 0.15) is 11.5 Å². The molecular formula is C13H9ClFN3O. The van der Waals surface area contributed by atoms with Crippen LogP contribution in [0.2, 0.25) is 5.02 Å². The summed E-state index contributed by atoms with van der Waals surface area (Å²) in [5.74, 6) is 0.150. The van der Waals surface area contributed by atoms with Crippen molar-refractivity contribution in [2.75, 3.05) is 0 Å². The molecule has 3 rings (SSSR count). The minimum absolute atomic E-state index is 0.292. The Kier molecular flexibility index (Phi) is 2.71. The maximum Gasteiger partial charge on any atom is 0.261 e. The molecule has 0 N–H and O–H groups in total. The van der Waals surface area contributed by atoms with Crippen molar-refractivity contribution in [1.29, 1.82) is 0 Å². The molecule has 2 heterocycles. The van der Waals surface area contributed by atoms with E-state index in [1.54, 1.807) is 19.9 Å². The van der Waals surface area contributed by atoms with E-state index >= 15 is 0 Å². The highest BCUT2D eigenvalue weighted by Gasteiger charge is 2.17. The normalized spacial score (nSPS) is 11.2. The molecule has 3 aromatic rings. The highest BCUT2D eigenvalue weighted by atomic mass is 35.5. The van der Waals surface area contributed by atoms with Crippen molar-refractivity contribution in [3.63, 3.8) is 0 Å². The van der Waals surface area contributed by atoms with Crippen molar-refractivity contribution in [1.82, 2.24) is 15.1 Å². The Hall–Kier alpha value is -2.01. The zero-order valence-electron chi connectivity index (χ0n) is 10.2. The van der Waals surface area contributed by atoms with Crippen molar-refractivity contribution in [3.05, 3.63) is 40.6 Å². The summed E-state index contributed by atoms with van der Waals surface area (Å²) in [5.41, 5.74) is 2.31. The molecule has 96 valence electrons. The summed E-state index contributed by atoms with van der Waals surface area (Å²) in [6.07, 6.45) is 0. The third kappa shape index (κ3) is 1.96. The lowest BCUT2D eigenvalue weighted by Crippen LogP contribution is -1.94. The van der Waals surface area contributed by atoms with Crippen LogP contribution in [0.4, 0.5) is 4.39 Å². The van der Waals surface area contributed by atoms with E-state index in [9.17, 15) is 4.39 Å². The van der Waals surface area contributed by atoms with Crippen LogP contribution in [0.5, 0.6) is 0 Å². The maximum absolute atomic E-state index is 13.1. The SMILES string of the molecule is Cc1nc(-c2ccc(F)cc2Cl)c2c(C)noc2n1. The number of nitrogens with zero attached hydrogens (tertiary/aromatic N) is 3. The molecule has 0 amide bonds. The highest BCUT2D eigenvalue weighted by Crippen LogP contribution is 2.33. The van der Waals surface area contributed by atoms with Crippen molar-refractivity contribution in [3.8, 4) is 11.3 Å². The van der Waals surface area contributed by atoms with Gasteiger partial charge in [-0.2, -0.15) is 4.98 Å². The predicted octanol–water partition coefficient (Wildman–Crippen LogP) is 3.69. The van der Waals surface area contributed by atoms with Gasteiger partial charge in [0.05, 0.1) is 21.8 Å². The molecule has 0 fully saturated rings. The number of hydrogen-bond donors (Lipinski definition) is 0. The molecular weight excluding hydrogens is 269 g/mol. The van der Waals surface area contributed by atoms with Crippen molar-refractivity contribution < 1.29 is 8.91 Å². The van der Waals surface area contributed by atoms with Gasteiger partial charge < -0.3 is 4.52 Å². The van der Waals surface area contributed by atoms with Crippen LogP contribution in [0.25, 0.3) is 22.4 Å². The molecule has 0 atom stereocenters. The predicted molar refractivity (Wildman–Crippen MR) is 69.5 cm³/mol. The lowest BCUT2D eigenvalue weighted by Gasteiger charge is -2.06. The fourth-order valence-corrected chi connectivity index (χ4v) is 2.23. The van der Waals surface area contributed by atoms with Gasteiger partial charge in [0.1, 0.15) is 11.6 Å². The van der Waals surface area contributed by atoms with E-state index in [1.807, 2.05) is 0 Å². The molecule has 4 nitrogen and oxygen atoms in total. The van der Waals surface area contributed by atoms with E-state index in [1.165, 1.54) is 12.1 Å². The van der Waals surface area contributed by atoms with Crippen LogP contribution in [-0.4, -0.2) is 15.1 Å². The van der Waals surface area contributed by atoms with E-state index in [-0.39, 0.29) is 0 Å². The van der Waals surface area contributed by atoms with Crippen molar-refractivity contribution in [2.24, 2.45) is 0 Å². The first-order valence-corrected chi connectivity index (χ1v) is 6.00. The summed E-state index contributed by atoms with van der Waals surface area (Å²) in [4.78, 5) is 8.55. The van der Waals surface area contributed by atoms with Gasteiger partial charge in [-0.25, -0.2) is 9.37 Å². The topological polar surface area (TPSA) is 51.8 Å². The smallest absolute Gasteiger partial charge is 0.261 e. The zero-order valence-corrected chi connectivity index (χ0v) is 11.0. The average Bonchev–Trinajstić information content (AvgIpc) is 2.70. The second kappa shape index (κ2) is 4.28. The van der Waals surface area contributed by atoms with Crippen LogP contribution in [0.3, 0.4) is 0 Å². The highest BCUT2D eigenvalue weighted by molar-refractivity contribution is 6.33. The summed E-state index contributed by atoms with van der Waals surface area (Å²) in [5, 5.41) is 4.86. The molecule has 6 heteroatoms. The third-order valence-electron chi connectivity index (χ3n) is 2.80. The number of aromatic nitrogens is 3. The number of fused-ring (bicyclic) bond motifs is 1. The monoisotopic (exact) mass is 277 g/mol. The zero-order chi connectivity index (χ0) is 13.6. The molecule has 0 aliphatic carbocycles. The first-order valence-electron chi connectivity index (χ1n) is 5.62. The quantitative estimate of drug-likeness (QED) is 0.681.